The van der Waals surface area contributed by atoms with E-state index >= 15 is 0 Å². The van der Waals surface area contributed by atoms with Crippen LogP contribution in [0.15, 0.2) is 36.4 Å². The molecule has 1 aromatic heterocycles. The van der Waals surface area contributed by atoms with Gasteiger partial charge in [-0.1, -0.05) is 17.7 Å². The Morgan fingerprint density at radius 3 is 2.74 bits per heavy atom. The van der Waals surface area contributed by atoms with Crippen molar-refractivity contribution in [2.24, 2.45) is 0 Å². The molecule has 100 valence electrons. The van der Waals surface area contributed by atoms with Crippen LogP contribution in [0.3, 0.4) is 0 Å². The molecule has 0 atom stereocenters. The van der Waals surface area contributed by atoms with Crippen LogP contribution in [0.25, 0.3) is 0 Å². The van der Waals surface area contributed by atoms with E-state index in [9.17, 15) is 4.79 Å². The van der Waals surface area contributed by atoms with Crippen molar-refractivity contribution in [2.45, 2.75) is 13.5 Å². The Labute approximate surface area is 121 Å². The quantitative estimate of drug-likeness (QED) is 0.875. The van der Waals surface area contributed by atoms with E-state index in [1.54, 1.807) is 29.2 Å². The number of halogens is 1. The maximum absolute atomic E-state index is 12.4. The normalized spacial score (nSPS) is 10.4. The fourth-order valence-corrected chi connectivity index (χ4v) is 2.91. The molecule has 5 heteroatoms. The highest BCUT2D eigenvalue weighted by molar-refractivity contribution is 7.16. The number of nitrogens with zero attached hydrogens (tertiary/aromatic N) is 1. The molecule has 0 aliphatic carbocycles. The molecule has 0 aliphatic heterocycles. The number of hydrogen-bond donors (Lipinski definition) is 1. The van der Waals surface area contributed by atoms with Gasteiger partial charge in [-0.05, 0) is 37.3 Å². The fourth-order valence-electron chi connectivity index (χ4n) is 1.81. The zero-order chi connectivity index (χ0) is 13.8. The predicted octanol–water partition coefficient (Wildman–Crippen LogP) is 3.65. The summed E-state index contributed by atoms with van der Waals surface area (Å²) in [4.78, 5) is 15.2. The maximum atomic E-state index is 12.4. The van der Waals surface area contributed by atoms with Crippen LogP contribution in [0.2, 0.25) is 4.34 Å². The van der Waals surface area contributed by atoms with Gasteiger partial charge in [-0.2, -0.15) is 0 Å². The Bertz CT molecular complexity index is 582. The first-order valence-corrected chi connectivity index (χ1v) is 7.18. The Hall–Kier alpha value is -1.52. The number of rotatable bonds is 4. The Balaban J connectivity index is 2.15. The zero-order valence-electron chi connectivity index (χ0n) is 10.6. The summed E-state index contributed by atoms with van der Waals surface area (Å²) in [6.45, 7) is 3.17. The van der Waals surface area contributed by atoms with E-state index in [-0.39, 0.29) is 5.91 Å². The summed E-state index contributed by atoms with van der Waals surface area (Å²) in [5.74, 6) is -0.0145. The molecule has 2 rings (SSSR count). The molecule has 2 aromatic rings. The van der Waals surface area contributed by atoms with Crippen molar-refractivity contribution in [1.29, 1.82) is 0 Å². The van der Waals surface area contributed by atoms with Gasteiger partial charge in [0.1, 0.15) is 0 Å². The maximum Gasteiger partial charge on any atom is 0.254 e. The number of carbonyl (C=O) groups is 1. The van der Waals surface area contributed by atoms with Crippen LogP contribution in [0.5, 0.6) is 0 Å². The average Bonchev–Trinajstić information content (AvgIpc) is 2.81. The van der Waals surface area contributed by atoms with Gasteiger partial charge in [-0.15, -0.1) is 11.3 Å². The SMILES string of the molecule is CCN(Cc1ccc(Cl)s1)C(=O)c1cccc(N)c1. The molecule has 2 N–H and O–H groups in total. The van der Waals surface area contributed by atoms with Crippen LogP contribution in [-0.4, -0.2) is 17.4 Å². The van der Waals surface area contributed by atoms with Gasteiger partial charge in [0.05, 0.1) is 10.9 Å². The van der Waals surface area contributed by atoms with E-state index in [0.717, 1.165) is 9.21 Å². The van der Waals surface area contributed by atoms with Crippen molar-refractivity contribution in [1.82, 2.24) is 4.90 Å². The summed E-state index contributed by atoms with van der Waals surface area (Å²) in [5.41, 5.74) is 6.92. The minimum atomic E-state index is -0.0145. The second-order valence-electron chi connectivity index (χ2n) is 4.15. The molecular formula is C14H15ClN2OS. The molecule has 0 spiro atoms. The van der Waals surface area contributed by atoms with Crippen molar-refractivity contribution in [3.05, 3.63) is 51.2 Å². The lowest BCUT2D eigenvalue weighted by atomic mass is 10.1. The van der Waals surface area contributed by atoms with Crippen LogP contribution >= 0.6 is 22.9 Å². The van der Waals surface area contributed by atoms with Gasteiger partial charge in [-0.25, -0.2) is 0 Å². The number of anilines is 1. The summed E-state index contributed by atoms with van der Waals surface area (Å²) >= 11 is 7.40. The van der Waals surface area contributed by atoms with Gasteiger partial charge >= 0.3 is 0 Å². The van der Waals surface area contributed by atoms with Crippen LogP contribution < -0.4 is 5.73 Å². The van der Waals surface area contributed by atoms with E-state index in [2.05, 4.69) is 0 Å². The second-order valence-corrected chi connectivity index (χ2v) is 5.95. The lowest BCUT2D eigenvalue weighted by molar-refractivity contribution is 0.0754. The van der Waals surface area contributed by atoms with Gasteiger partial charge in [0.25, 0.3) is 5.91 Å². The molecule has 19 heavy (non-hydrogen) atoms. The highest BCUT2D eigenvalue weighted by Crippen LogP contribution is 2.23. The second kappa shape index (κ2) is 6.08. The monoisotopic (exact) mass is 294 g/mol. The third-order valence-corrected chi connectivity index (χ3v) is 3.99. The number of nitrogens with two attached hydrogens (primary N) is 1. The number of hydrogen-bond acceptors (Lipinski definition) is 3. The highest BCUT2D eigenvalue weighted by Gasteiger charge is 2.15. The first-order valence-electron chi connectivity index (χ1n) is 5.99. The van der Waals surface area contributed by atoms with Crippen LogP contribution in [0.1, 0.15) is 22.2 Å². The van der Waals surface area contributed by atoms with Crippen molar-refractivity contribution >= 4 is 34.5 Å². The molecule has 0 unspecified atom stereocenters. The van der Waals surface area contributed by atoms with E-state index in [1.807, 2.05) is 19.1 Å². The fraction of sp³-hybridized carbons (Fsp3) is 0.214. The van der Waals surface area contributed by atoms with Gasteiger partial charge in [0, 0.05) is 22.7 Å². The molecule has 0 aliphatic rings. The summed E-state index contributed by atoms with van der Waals surface area (Å²) in [6.07, 6.45) is 0. The Morgan fingerprint density at radius 2 is 2.16 bits per heavy atom. The van der Waals surface area contributed by atoms with E-state index in [4.69, 9.17) is 17.3 Å². The van der Waals surface area contributed by atoms with E-state index in [1.165, 1.54) is 11.3 Å². The molecule has 0 bridgehead atoms. The summed E-state index contributed by atoms with van der Waals surface area (Å²) in [5, 5.41) is 0. The van der Waals surface area contributed by atoms with Crippen LogP contribution in [0.4, 0.5) is 5.69 Å². The third kappa shape index (κ3) is 3.49. The van der Waals surface area contributed by atoms with Gasteiger partial charge < -0.3 is 10.6 Å². The van der Waals surface area contributed by atoms with Crippen molar-refractivity contribution in [3.8, 4) is 0 Å². The summed E-state index contributed by atoms with van der Waals surface area (Å²) in [7, 11) is 0. The number of thiophene rings is 1. The first kappa shape index (κ1) is 13.9. The molecule has 0 radical (unpaired) electrons. The molecule has 1 aromatic carbocycles. The molecular weight excluding hydrogens is 280 g/mol. The van der Waals surface area contributed by atoms with E-state index in [0.29, 0.717) is 24.3 Å². The topological polar surface area (TPSA) is 46.3 Å². The molecule has 0 fully saturated rings. The smallest absolute Gasteiger partial charge is 0.254 e. The summed E-state index contributed by atoms with van der Waals surface area (Å²) in [6, 6.07) is 10.8. The minimum absolute atomic E-state index is 0.0145. The molecule has 1 amide bonds. The Morgan fingerprint density at radius 1 is 1.37 bits per heavy atom. The van der Waals surface area contributed by atoms with E-state index < -0.39 is 0 Å². The molecule has 3 nitrogen and oxygen atoms in total. The molecule has 0 saturated carbocycles. The van der Waals surface area contributed by atoms with Crippen LogP contribution in [-0.2, 0) is 6.54 Å². The number of nitrogen functional groups attached to an aromatic ring is 1. The molecule has 1 heterocycles. The molecule has 0 saturated heterocycles. The van der Waals surface area contributed by atoms with Crippen LogP contribution in [0, 0.1) is 0 Å². The Kier molecular flexibility index (Phi) is 4.45. The first-order chi connectivity index (χ1) is 9.10. The zero-order valence-corrected chi connectivity index (χ0v) is 12.2. The largest absolute Gasteiger partial charge is 0.399 e. The summed E-state index contributed by atoms with van der Waals surface area (Å²) < 4.78 is 0.738. The number of benzene rings is 1. The van der Waals surface area contributed by atoms with Crippen molar-refractivity contribution in [3.63, 3.8) is 0 Å². The van der Waals surface area contributed by atoms with Crippen molar-refractivity contribution in [2.75, 3.05) is 12.3 Å². The number of carbonyl (C=O) groups excluding carboxylic acids is 1. The van der Waals surface area contributed by atoms with Gasteiger partial charge in [-0.3, -0.25) is 4.79 Å². The van der Waals surface area contributed by atoms with Gasteiger partial charge in [0.15, 0.2) is 0 Å². The third-order valence-electron chi connectivity index (χ3n) is 2.78. The lowest BCUT2D eigenvalue weighted by Crippen LogP contribution is -2.30. The predicted molar refractivity (Wildman–Crippen MR) is 80.6 cm³/mol. The minimum Gasteiger partial charge on any atom is -0.399 e. The average molecular weight is 295 g/mol. The highest BCUT2D eigenvalue weighted by atomic mass is 35.5. The standard InChI is InChI=1S/C14H15ClN2OS/c1-2-17(9-12-6-7-13(15)19-12)14(18)10-4-3-5-11(16)8-10/h3-8H,2,9,16H2,1H3. The number of amides is 1. The lowest BCUT2D eigenvalue weighted by Gasteiger charge is -2.20. The van der Waals surface area contributed by atoms with Gasteiger partial charge in [0.2, 0.25) is 0 Å². The van der Waals surface area contributed by atoms with Crippen molar-refractivity contribution < 1.29 is 4.79 Å².